The average molecular weight is 280 g/mol. The third-order valence-electron chi connectivity index (χ3n) is 2.77. The van der Waals surface area contributed by atoms with E-state index in [1.54, 1.807) is 6.92 Å². The van der Waals surface area contributed by atoms with Gasteiger partial charge in [-0.1, -0.05) is 0 Å². The van der Waals surface area contributed by atoms with Crippen LogP contribution in [0.25, 0.3) is 0 Å². The molecule has 8 heteroatoms. The zero-order valence-corrected chi connectivity index (χ0v) is 10.9. The maximum Gasteiger partial charge on any atom is 0.354 e. The van der Waals surface area contributed by atoms with Gasteiger partial charge >= 0.3 is 12.0 Å². The molecule has 0 aliphatic heterocycles. The van der Waals surface area contributed by atoms with Gasteiger partial charge in [0.25, 0.3) is 0 Å². The van der Waals surface area contributed by atoms with Gasteiger partial charge in [-0.05, 0) is 25.8 Å². The monoisotopic (exact) mass is 280 g/mol. The maximum atomic E-state index is 11.6. The number of carbonyl (C=O) groups is 3. The van der Waals surface area contributed by atoms with Crippen molar-refractivity contribution in [2.45, 2.75) is 25.8 Å². The van der Waals surface area contributed by atoms with Gasteiger partial charge < -0.3 is 26.0 Å². The van der Waals surface area contributed by atoms with Crippen molar-refractivity contribution in [2.24, 2.45) is 0 Å². The van der Waals surface area contributed by atoms with Gasteiger partial charge in [-0.25, -0.2) is 9.59 Å². The van der Waals surface area contributed by atoms with Crippen LogP contribution in [0.5, 0.6) is 0 Å². The van der Waals surface area contributed by atoms with E-state index in [4.69, 9.17) is 5.11 Å². The number of anilines is 1. The number of aromatic nitrogens is 1. The summed E-state index contributed by atoms with van der Waals surface area (Å²) in [5.41, 5.74) is 0.680. The van der Waals surface area contributed by atoms with Crippen LogP contribution in [0.15, 0.2) is 6.07 Å². The minimum Gasteiger partial charge on any atom is -0.477 e. The largest absolute Gasteiger partial charge is 0.477 e. The van der Waals surface area contributed by atoms with Crippen molar-refractivity contribution in [2.75, 3.05) is 11.9 Å². The first-order valence-electron chi connectivity index (χ1n) is 6.23. The number of carbonyl (C=O) groups excluding carboxylic acids is 2. The zero-order chi connectivity index (χ0) is 14.7. The molecule has 8 nitrogen and oxygen atoms in total. The standard InChI is InChI=1S/C12H16N4O4/c1-6-4-8(10(14-6)11(18)19)16-12(20)13-5-9(17)15-7-2-3-7/h4,7,14H,2-3,5H2,1H3,(H,15,17)(H,18,19)(H2,13,16,20). The van der Waals surface area contributed by atoms with E-state index in [9.17, 15) is 14.4 Å². The molecule has 1 saturated carbocycles. The number of nitrogens with one attached hydrogen (secondary N) is 4. The summed E-state index contributed by atoms with van der Waals surface area (Å²) in [7, 11) is 0. The molecular weight excluding hydrogens is 264 g/mol. The molecule has 0 unspecified atom stereocenters. The topological polar surface area (TPSA) is 123 Å². The molecule has 1 aliphatic rings. The van der Waals surface area contributed by atoms with Gasteiger partial charge in [-0.2, -0.15) is 0 Å². The van der Waals surface area contributed by atoms with E-state index >= 15 is 0 Å². The molecule has 1 fully saturated rings. The van der Waals surface area contributed by atoms with Gasteiger partial charge in [-0.3, -0.25) is 4.79 Å². The second kappa shape index (κ2) is 5.64. The first-order chi connectivity index (χ1) is 9.45. The molecule has 0 bridgehead atoms. The van der Waals surface area contributed by atoms with Gasteiger partial charge in [0.1, 0.15) is 5.69 Å². The normalized spacial score (nSPS) is 13.7. The molecule has 0 radical (unpaired) electrons. The Bertz CT molecular complexity index is 548. The van der Waals surface area contributed by atoms with E-state index in [0.29, 0.717) is 5.69 Å². The summed E-state index contributed by atoms with van der Waals surface area (Å²) in [6.45, 7) is 1.53. The van der Waals surface area contributed by atoms with E-state index in [2.05, 4.69) is 20.9 Å². The summed E-state index contributed by atoms with van der Waals surface area (Å²) in [5, 5.41) is 16.4. The van der Waals surface area contributed by atoms with E-state index in [0.717, 1.165) is 12.8 Å². The zero-order valence-electron chi connectivity index (χ0n) is 10.9. The number of aromatic carboxylic acids is 1. The maximum absolute atomic E-state index is 11.6. The van der Waals surface area contributed by atoms with Crippen LogP contribution < -0.4 is 16.0 Å². The quantitative estimate of drug-likeness (QED) is 0.536. The van der Waals surface area contributed by atoms with E-state index < -0.39 is 12.0 Å². The highest BCUT2D eigenvalue weighted by molar-refractivity contribution is 5.99. The van der Waals surface area contributed by atoms with E-state index in [1.165, 1.54) is 6.07 Å². The highest BCUT2D eigenvalue weighted by Gasteiger charge is 2.23. The number of H-pyrrole nitrogens is 1. The highest BCUT2D eigenvalue weighted by atomic mass is 16.4. The Morgan fingerprint density at radius 3 is 2.70 bits per heavy atom. The third kappa shape index (κ3) is 3.74. The second-order valence-corrected chi connectivity index (χ2v) is 4.70. The van der Waals surface area contributed by atoms with Crippen LogP contribution in [0, 0.1) is 6.92 Å². The summed E-state index contributed by atoms with van der Waals surface area (Å²) < 4.78 is 0. The van der Waals surface area contributed by atoms with Crippen LogP contribution in [0.1, 0.15) is 29.0 Å². The van der Waals surface area contributed by atoms with Crippen molar-refractivity contribution in [1.82, 2.24) is 15.6 Å². The Labute approximate surface area is 114 Å². The lowest BCUT2D eigenvalue weighted by molar-refractivity contribution is -0.120. The first-order valence-corrected chi connectivity index (χ1v) is 6.23. The van der Waals surface area contributed by atoms with Gasteiger partial charge in [0, 0.05) is 11.7 Å². The molecule has 20 heavy (non-hydrogen) atoms. The molecule has 0 saturated heterocycles. The first kappa shape index (κ1) is 13.9. The molecule has 0 spiro atoms. The fourth-order valence-corrected chi connectivity index (χ4v) is 1.69. The molecule has 1 aromatic rings. The van der Waals surface area contributed by atoms with Crippen LogP contribution in [0.4, 0.5) is 10.5 Å². The summed E-state index contributed by atoms with van der Waals surface area (Å²) in [6.07, 6.45) is 1.95. The third-order valence-corrected chi connectivity index (χ3v) is 2.77. The average Bonchev–Trinajstić information content (AvgIpc) is 3.09. The van der Waals surface area contributed by atoms with Crippen LogP contribution in [0.2, 0.25) is 0 Å². The Morgan fingerprint density at radius 1 is 1.40 bits per heavy atom. The lowest BCUT2D eigenvalue weighted by atomic mass is 10.3. The number of aromatic amines is 1. The minimum absolute atomic E-state index is 0.0971. The predicted octanol–water partition coefficient (Wildman–Crippen LogP) is 0.421. The SMILES string of the molecule is Cc1cc(NC(=O)NCC(=O)NC2CC2)c(C(=O)O)[nH]1. The predicted molar refractivity (Wildman–Crippen MR) is 70.7 cm³/mol. The number of urea groups is 1. The molecular formula is C12H16N4O4. The van der Waals surface area contributed by atoms with Crippen molar-refractivity contribution in [3.63, 3.8) is 0 Å². The van der Waals surface area contributed by atoms with E-state index in [1.807, 2.05) is 0 Å². The Hall–Kier alpha value is -2.51. The Kier molecular flexibility index (Phi) is 3.92. The van der Waals surface area contributed by atoms with Crippen molar-refractivity contribution in [1.29, 1.82) is 0 Å². The number of aryl methyl sites for hydroxylation is 1. The molecule has 5 N–H and O–H groups in total. The number of amides is 3. The van der Waals surface area contributed by atoms with Crippen molar-refractivity contribution >= 4 is 23.6 Å². The fraction of sp³-hybridized carbons (Fsp3) is 0.417. The van der Waals surface area contributed by atoms with Gasteiger partial charge in [0.05, 0.1) is 12.2 Å². The number of carboxylic acid groups (broad SMARTS) is 1. The summed E-state index contributed by atoms with van der Waals surface area (Å²) in [4.78, 5) is 36.5. The summed E-state index contributed by atoms with van der Waals surface area (Å²) in [6, 6.07) is 1.11. The van der Waals surface area contributed by atoms with Crippen LogP contribution >= 0.6 is 0 Å². The van der Waals surface area contributed by atoms with Crippen molar-refractivity contribution in [3.8, 4) is 0 Å². The second-order valence-electron chi connectivity index (χ2n) is 4.70. The highest BCUT2D eigenvalue weighted by Crippen LogP contribution is 2.18. The molecule has 0 atom stereocenters. The molecule has 3 amide bonds. The molecule has 1 aliphatic carbocycles. The summed E-state index contributed by atoms with van der Waals surface area (Å²) >= 11 is 0. The molecule has 1 aromatic heterocycles. The molecule has 0 aromatic carbocycles. The number of rotatable bonds is 5. The van der Waals surface area contributed by atoms with Crippen LogP contribution in [-0.2, 0) is 4.79 Å². The lowest BCUT2D eigenvalue weighted by Crippen LogP contribution is -2.39. The van der Waals surface area contributed by atoms with Gasteiger partial charge in [-0.15, -0.1) is 0 Å². The molecule has 1 heterocycles. The number of hydrogen-bond acceptors (Lipinski definition) is 3. The Balaban J connectivity index is 1.84. The fourth-order valence-electron chi connectivity index (χ4n) is 1.69. The van der Waals surface area contributed by atoms with Crippen LogP contribution in [0.3, 0.4) is 0 Å². The smallest absolute Gasteiger partial charge is 0.354 e. The van der Waals surface area contributed by atoms with E-state index in [-0.39, 0.29) is 29.9 Å². The van der Waals surface area contributed by atoms with Gasteiger partial charge in [0.2, 0.25) is 5.91 Å². The van der Waals surface area contributed by atoms with Crippen molar-refractivity contribution < 1.29 is 19.5 Å². The van der Waals surface area contributed by atoms with Crippen LogP contribution in [-0.4, -0.2) is 40.6 Å². The lowest BCUT2D eigenvalue weighted by Gasteiger charge is -2.07. The molecule has 2 rings (SSSR count). The Morgan fingerprint density at radius 2 is 2.10 bits per heavy atom. The summed E-state index contributed by atoms with van der Waals surface area (Å²) in [5.74, 6) is -1.42. The van der Waals surface area contributed by atoms with Crippen molar-refractivity contribution in [3.05, 3.63) is 17.5 Å². The molecule has 108 valence electrons. The minimum atomic E-state index is -1.17. The number of carboxylic acids is 1. The number of hydrogen-bond donors (Lipinski definition) is 5. The van der Waals surface area contributed by atoms with Gasteiger partial charge in [0.15, 0.2) is 0 Å².